The highest BCUT2D eigenvalue weighted by Gasteiger charge is 2.28. The number of carbonyl (C=O) groups is 2. The van der Waals surface area contributed by atoms with Crippen molar-refractivity contribution in [1.82, 2.24) is 9.80 Å². The fraction of sp³-hybridized carbons (Fsp3) is 0.364. The summed E-state index contributed by atoms with van der Waals surface area (Å²) >= 11 is 0. The molecule has 0 N–H and O–H groups in total. The fourth-order valence-electron chi connectivity index (χ4n) is 3.80. The van der Waals surface area contributed by atoms with Gasteiger partial charge in [0.25, 0.3) is 11.8 Å². The van der Waals surface area contributed by atoms with Crippen molar-refractivity contribution in [1.29, 1.82) is 0 Å². The lowest BCUT2D eigenvalue weighted by atomic mass is 9.98. The third-order valence-electron chi connectivity index (χ3n) is 5.08. The number of halogens is 2. The normalized spacial score (nSPS) is 14.3. The lowest BCUT2D eigenvalue weighted by Crippen LogP contribution is -2.50. The lowest BCUT2D eigenvalue weighted by Gasteiger charge is -2.35. The smallest absolute Gasteiger partial charge is 0.387 e. The Morgan fingerprint density at radius 3 is 1.97 bits per heavy atom. The molecule has 154 valence electrons. The highest BCUT2D eigenvalue weighted by atomic mass is 19.3. The molecule has 5 nitrogen and oxygen atoms in total. The van der Waals surface area contributed by atoms with Crippen molar-refractivity contribution in [3.63, 3.8) is 0 Å². The first-order valence-corrected chi connectivity index (χ1v) is 9.48. The molecule has 2 aromatic carbocycles. The first kappa shape index (κ1) is 20.8. The topological polar surface area (TPSA) is 49.9 Å². The third kappa shape index (κ3) is 4.55. The maximum absolute atomic E-state index is 13.0. The minimum absolute atomic E-state index is 0.0477. The molecule has 2 amide bonds. The van der Waals surface area contributed by atoms with E-state index in [9.17, 15) is 18.4 Å². The van der Waals surface area contributed by atoms with Crippen LogP contribution in [0.25, 0.3) is 0 Å². The van der Waals surface area contributed by atoms with Gasteiger partial charge in [0.15, 0.2) is 0 Å². The molecule has 2 aromatic rings. The number of benzene rings is 2. The summed E-state index contributed by atoms with van der Waals surface area (Å²) in [6.07, 6.45) is 0. The molecule has 1 fully saturated rings. The highest BCUT2D eigenvalue weighted by Crippen LogP contribution is 2.23. The van der Waals surface area contributed by atoms with Crippen molar-refractivity contribution in [2.24, 2.45) is 0 Å². The van der Waals surface area contributed by atoms with Crippen LogP contribution in [0.4, 0.5) is 8.78 Å². The van der Waals surface area contributed by atoms with Crippen molar-refractivity contribution >= 4 is 11.8 Å². The Balaban J connectivity index is 1.70. The Kier molecular flexibility index (Phi) is 6.15. The fourth-order valence-corrected chi connectivity index (χ4v) is 3.80. The van der Waals surface area contributed by atoms with Crippen molar-refractivity contribution in [3.8, 4) is 5.75 Å². The number of ether oxygens (including phenoxy) is 1. The molecule has 29 heavy (non-hydrogen) atoms. The monoisotopic (exact) mass is 402 g/mol. The van der Waals surface area contributed by atoms with E-state index in [1.807, 2.05) is 32.9 Å². The van der Waals surface area contributed by atoms with Crippen LogP contribution < -0.4 is 4.74 Å². The van der Waals surface area contributed by atoms with Gasteiger partial charge in [-0.3, -0.25) is 9.59 Å². The summed E-state index contributed by atoms with van der Waals surface area (Å²) in [6.45, 7) is 4.27. The molecule has 0 unspecified atom stereocenters. The molecule has 0 saturated carbocycles. The first-order valence-electron chi connectivity index (χ1n) is 9.48. The number of nitrogens with zero attached hydrogens (tertiary/aromatic N) is 2. The summed E-state index contributed by atoms with van der Waals surface area (Å²) in [5, 5.41) is 0. The number of carbonyl (C=O) groups excluding carboxylic acids is 2. The van der Waals surface area contributed by atoms with Crippen LogP contribution in [0, 0.1) is 20.8 Å². The van der Waals surface area contributed by atoms with Crippen molar-refractivity contribution in [2.75, 3.05) is 26.2 Å². The van der Waals surface area contributed by atoms with Gasteiger partial charge in [-0.2, -0.15) is 8.78 Å². The van der Waals surface area contributed by atoms with Crippen LogP contribution in [0.5, 0.6) is 5.75 Å². The maximum Gasteiger partial charge on any atom is 0.387 e. The van der Waals surface area contributed by atoms with Gasteiger partial charge in [-0.05, 0) is 44.0 Å². The average Bonchev–Trinajstić information content (AvgIpc) is 2.66. The van der Waals surface area contributed by atoms with Gasteiger partial charge in [-0.1, -0.05) is 29.8 Å². The second kappa shape index (κ2) is 8.59. The van der Waals surface area contributed by atoms with Crippen LogP contribution in [0.1, 0.15) is 37.4 Å². The summed E-state index contributed by atoms with van der Waals surface area (Å²) in [5.41, 5.74) is 3.77. The molecule has 0 atom stereocenters. The molecule has 1 heterocycles. The first-order chi connectivity index (χ1) is 13.8. The van der Waals surface area contributed by atoms with Crippen LogP contribution in [-0.2, 0) is 0 Å². The quantitative estimate of drug-likeness (QED) is 0.782. The SMILES string of the molecule is Cc1cc(C)c(C(=O)N2CCN(C(=O)c3ccccc3OC(F)F)CC2)c(C)c1. The van der Waals surface area contributed by atoms with Gasteiger partial charge < -0.3 is 14.5 Å². The second-order valence-corrected chi connectivity index (χ2v) is 7.23. The standard InChI is InChI=1S/C22H24F2N2O3/c1-14-12-15(2)19(16(3)13-14)21(28)26-10-8-25(9-11-26)20(27)17-6-4-5-7-18(17)29-22(23)24/h4-7,12-13,22H,8-11H2,1-3H3. The van der Waals surface area contributed by atoms with E-state index in [4.69, 9.17) is 0 Å². The Labute approximate surface area is 168 Å². The second-order valence-electron chi connectivity index (χ2n) is 7.23. The van der Waals surface area contributed by atoms with Crippen LogP contribution in [0.15, 0.2) is 36.4 Å². The van der Waals surface area contributed by atoms with Crippen LogP contribution in [0.3, 0.4) is 0 Å². The zero-order valence-corrected chi connectivity index (χ0v) is 16.7. The number of piperazine rings is 1. The van der Waals surface area contributed by atoms with E-state index in [1.165, 1.54) is 18.2 Å². The zero-order chi connectivity index (χ0) is 21.1. The van der Waals surface area contributed by atoms with Crippen LogP contribution in [0.2, 0.25) is 0 Å². The van der Waals surface area contributed by atoms with Crippen molar-refractivity contribution in [2.45, 2.75) is 27.4 Å². The number of para-hydroxylation sites is 1. The number of aryl methyl sites for hydroxylation is 3. The maximum atomic E-state index is 13.0. The molecular weight excluding hydrogens is 378 g/mol. The molecule has 0 bridgehead atoms. The minimum atomic E-state index is -3.00. The van der Waals surface area contributed by atoms with Gasteiger partial charge in [-0.25, -0.2) is 0 Å². The van der Waals surface area contributed by atoms with Crippen LogP contribution >= 0.6 is 0 Å². The molecule has 1 saturated heterocycles. The molecule has 7 heteroatoms. The Bertz CT molecular complexity index is 899. The number of amides is 2. The van der Waals surface area contributed by atoms with Gasteiger partial charge in [0.1, 0.15) is 5.75 Å². The zero-order valence-electron chi connectivity index (χ0n) is 16.7. The van der Waals surface area contributed by atoms with Gasteiger partial charge in [0.05, 0.1) is 5.56 Å². The largest absolute Gasteiger partial charge is 0.434 e. The van der Waals surface area contributed by atoms with E-state index in [1.54, 1.807) is 15.9 Å². The average molecular weight is 402 g/mol. The molecule has 1 aliphatic heterocycles. The summed E-state index contributed by atoms with van der Waals surface area (Å²) < 4.78 is 29.7. The van der Waals surface area contributed by atoms with Gasteiger partial charge in [0, 0.05) is 31.7 Å². The predicted molar refractivity (Wildman–Crippen MR) is 106 cm³/mol. The van der Waals surface area contributed by atoms with E-state index < -0.39 is 6.61 Å². The third-order valence-corrected chi connectivity index (χ3v) is 5.08. The highest BCUT2D eigenvalue weighted by molar-refractivity contribution is 5.98. The molecule has 0 aromatic heterocycles. The molecule has 0 aliphatic carbocycles. The van der Waals surface area contributed by atoms with Crippen molar-refractivity contribution < 1.29 is 23.1 Å². The molecule has 1 aliphatic rings. The van der Waals surface area contributed by atoms with E-state index >= 15 is 0 Å². The molecule has 0 spiro atoms. The van der Waals surface area contributed by atoms with Crippen molar-refractivity contribution in [3.05, 3.63) is 64.2 Å². The number of hydrogen-bond donors (Lipinski definition) is 0. The number of alkyl halides is 2. The van der Waals surface area contributed by atoms with E-state index in [0.29, 0.717) is 31.7 Å². The van der Waals surface area contributed by atoms with E-state index in [-0.39, 0.29) is 23.1 Å². The van der Waals surface area contributed by atoms with E-state index in [0.717, 1.165) is 16.7 Å². The molecule has 3 rings (SSSR count). The summed E-state index contributed by atoms with van der Waals surface area (Å²) in [4.78, 5) is 29.1. The number of hydrogen-bond acceptors (Lipinski definition) is 3. The number of rotatable bonds is 4. The summed E-state index contributed by atoms with van der Waals surface area (Å²) in [5.74, 6) is -0.568. The molecular formula is C22H24F2N2O3. The van der Waals surface area contributed by atoms with Gasteiger partial charge in [0.2, 0.25) is 0 Å². The Morgan fingerprint density at radius 2 is 1.41 bits per heavy atom. The minimum Gasteiger partial charge on any atom is -0.434 e. The van der Waals surface area contributed by atoms with E-state index in [2.05, 4.69) is 4.74 Å². The Hall–Kier alpha value is -2.96. The van der Waals surface area contributed by atoms with Crippen LogP contribution in [-0.4, -0.2) is 54.4 Å². The van der Waals surface area contributed by atoms with Gasteiger partial charge >= 0.3 is 6.61 Å². The lowest BCUT2D eigenvalue weighted by molar-refractivity contribution is -0.0503. The Morgan fingerprint density at radius 1 is 0.897 bits per heavy atom. The van der Waals surface area contributed by atoms with Gasteiger partial charge in [-0.15, -0.1) is 0 Å². The predicted octanol–water partition coefficient (Wildman–Crippen LogP) is 3.81. The molecule has 0 radical (unpaired) electrons. The summed E-state index contributed by atoms with van der Waals surface area (Å²) in [7, 11) is 0. The summed E-state index contributed by atoms with van der Waals surface area (Å²) in [6, 6.07) is 9.93.